The fourth-order valence-electron chi connectivity index (χ4n) is 2.57. The maximum absolute atomic E-state index is 5.77. The second-order valence-electron chi connectivity index (χ2n) is 5.16. The molecule has 2 aromatic heterocycles. The third-order valence-electron chi connectivity index (χ3n) is 3.84. The first kappa shape index (κ1) is 14.3. The third-order valence-corrected chi connectivity index (χ3v) is 5.19. The lowest BCUT2D eigenvalue weighted by atomic mass is 10.1. The molecule has 0 radical (unpaired) electrons. The quantitative estimate of drug-likeness (QED) is 0.562. The molecule has 3 N–H and O–H groups in total. The Morgan fingerprint density at radius 3 is 2.76 bits per heavy atom. The molecule has 1 atom stereocenters. The van der Waals surface area contributed by atoms with Crippen LogP contribution < -0.4 is 11.3 Å². The van der Waals surface area contributed by atoms with Gasteiger partial charge in [0.05, 0.1) is 17.1 Å². The normalized spacial score (nSPS) is 12.9. The zero-order valence-electron chi connectivity index (χ0n) is 12.3. The van der Waals surface area contributed by atoms with Crippen molar-refractivity contribution in [3.8, 4) is 0 Å². The van der Waals surface area contributed by atoms with E-state index in [1.54, 1.807) is 0 Å². The molecule has 110 valence electrons. The number of aromatic nitrogens is 2. The Kier molecular flexibility index (Phi) is 4.05. The SMILES string of the molecule is CCc1ccc(C(Cc2nc3ccccc3n2C)NN)s1. The highest BCUT2D eigenvalue weighted by Gasteiger charge is 2.17. The maximum atomic E-state index is 5.77. The van der Waals surface area contributed by atoms with Crippen molar-refractivity contribution >= 4 is 22.4 Å². The minimum Gasteiger partial charge on any atom is -0.331 e. The van der Waals surface area contributed by atoms with Gasteiger partial charge in [-0.1, -0.05) is 19.1 Å². The average molecular weight is 300 g/mol. The van der Waals surface area contributed by atoms with Gasteiger partial charge in [0.15, 0.2) is 0 Å². The number of benzene rings is 1. The highest BCUT2D eigenvalue weighted by atomic mass is 32.1. The molecule has 1 unspecified atom stereocenters. The number of aryl methyl sites for hydroxylation is 2. The van der Waals surface area contributed by atoms with Crippen molar-refractivity contribution in [1.29, 1.82) is 0 Å². The zero-order valence-corrected chi connectivity index (χ0v) is 13.2. The van der Waals surface area contributed by atoms with E-state index in [4.69, 9.17) is 10.8 Å². The predicted molar refractivity (Wildman–Crippen MR) is 88.2 cm³/mol. The van der Waals surface area contributed by atoms with Crippen molar-refractivity contribution in [2.24, 2.45) is 12.9 Å². The van der Waals surface area contributed by atoms with Crippen LogP contribution >= 0.6 is 11.3 Å². The van der Waals surface area contributed by atoms with Crippen LogP contribution in [-0.2, 0) is 19.9 Å². The number of nitrogens with two attached hydrogens (primary N) is 1. The molecule has 3 rings (SSSR count). The van der Waals surface area contributed by atoms with Crippen LogP contribution in [0.2, 0.25) is 0 Å². The van der Waals surface area contributed by atoms with E-state index in [0.717, 1.165) is 29.7 Å². The summed E-state index contributed by atoms with van der Waals surface area (Å²) in [7, 11) is 2.06. The van der Waals surface area contributed by atoms with E-state index in [1.807, 2.05) is 29.5 Å². The van der Waals surface area contributed by atoms with Gasteiger partial charge in [-0.05, 0) is 30.7 Å². The van der Waals surface area contributed by atoms with Crippen molar-refractivity contribution in [2.45, 2.75) is 25.8 Å². The summed E-state index contributed by atoms with van der Waals surface area (Å²) in [6, 6.07) is 12.6. The average Bonchev–Trinajstić information content (AvgIpc) is 3.10. The number of rotatable bonds is 5. The van der Waals surface area contributed by atoms with Gasteiger partial charge in [-0.2, -0.15) is 0 Å². The lowest BCUT2D eigenvalue weighted by Crippen LogP contribution is -2.29. The molecule has 0 fully saturated rings. The Bertz CT molecular complexity index is 744. The van der Waals surface area contributed by atoms with Crippen molar-refractivity contribution in [1.82, 2.24) is 15.0 Å². The lowest BCUT2D eigenvalue weighted by molar-refractivity contribution is 0.539. The summed E-state index contributed by atoms with van der Waals surface area (Å²) in [5, 5.41) is 0. The molecule has 5 heteroatoms. The van der Waals surface area contributed by atoms with Crippen molar-refractivity contribution in [3.63, 3.8) is 0 Å². The minimum atomic E-state index is 0.103. The minimum absolute atomic E-state index is 0.103. The van der Waals surface area contributed by atoms with E-state index < -0.39 is 0 Å². The molecule has 0 bridgehead atoms. The monoisotopic (exact) mass is 300 g/mol. The second-order valence-corrected chi connectivity index (χ2v) is 6.36. The summed E-state index contributed by atoms with van der Waals surface area (Å²) < 4.78 is 2.15. The fourth-order valence-corrected chi connectivity index (χ4v) is 3.59. The highest BCUT2D eigenvalue weighted by Crippen LogP contribution is 2.26. The van der Waals surface area contributed by atoms with Gasteiger partial charge in [0.25, 0.3) is 0 Å². The largest absolute Gasteiger partial charge is 0.331 e. The van der Waals surface area contributed by atoms with E-state index >= 15 is 0 Å². The number of nitrogens with one attached hydrogen (secondary N) is 1. The first-order chi connectivity index (χ1) is 10.2. The van der Waals surface area contributed by atoms with Crippen LogP contribution in [-0.4, -0.2) is 9.55 Å². The van der Waals surface area contributed by atoms with Crippen molar-refractivity contribution in [3.05, 3.63) is 52.0 Å². The smallest absolute Gasteiger partial charge is 0.111 e. The Balaban J connectivity index is 1.90. The number of fused-ring (bicyclic) bond motifs is 1. The molecule has 0 aliphatic rings. The van der Waals surface area contributed by atoms with E-state index in [9.17, 15) is 0 Å². The molecule has 2 heterocycles. The van der Waals surface area contributed by atoms with Crippen LogP contribution in [0.3, 0.4) is 0 Å². The first-order valence-corrected chi connectivity index (χ1v) is 7.99. The molecule has 0 saturated carbocycles. The van der Waals surface area contributed by atoms with E-state index in [-0.39, 0.29) is 6.04 Å². The highest BCUT2D eigenvalue weighted by molar-refractivity contribution is 7.12. The Morgan fingerprint density at radius 2 is 2.10 bits per heavy atom. The molecule has 0 spiro atoms. The number of hydrogen-bond donors (Lipinski definition) is 2. The van der Waals surface area contributed by atoms with Crippen LogP contribution in [0, 0.1) is 0 Å². The molecular weight excluding hydrogens is 280 g/mol. The Labute approximate surface area is 128 Å². The molecule has 1 aromatic carbocycles. The molecule has 3 aromatic rings. The third kappa shape index (κ3) is 2.72. The predicted octanol–water partition coefficient (Wildman–Crippen LogP) is 2.94. The summed E-state index contributed by atoms with van der Waals surface area (Å²) in [6.07, 6.45) is 1.85. The molecule has 0 aliphatic heterocycles. The van der Waals surface area contributed by atoms with Crippen LogP contribution in [0.4, 0.5) is 0 Å². The van der Waals surface area contributed by atoms with Gasteiger partial charge in [0.2, 0.25) is 0 Å². The fraction of sp³-hybridized carbons (Fsp3) is 0.312. The lowest BCUT2D eigenvalue weighted by Gasteiger charge is -2.14. The Hall–Kier alpha value is -1.69. The summed E-state index contributed by atoms with van der Waals surface area (Å²) in [4.78, 5) is 7.37. The van der Waals surface area contributed by atoms with Crippen molar-refractivity contribution in [2.75, 3.05) is 0 Å². The summed E-state index contributed by atoms with van der Waals surface area (Å²) in [5.41, 5.74) is 5.12. The first-order valence-electron chi connectivity index (χ1n) is 7.18. The van der Waals surface area contributed by atoms with Gasteiger partial charge in [-0.3, -0.25) is 11.3 Å². The summed E-state index contributed by atoms with van der Waals surface area (Å²) >= 11 is 1.82. The van der Waals surface area contributed by atoms with Gasteiger partial charge >= 0.3 is 0 Å². The van der Waals surface area contributed by atoms with Gasteiger partial charge in [-0.15, -0.1) is 11.3 Å². The van der Waals surface area contributed by atoms with Gasteiger partial charge < -0.3 is 4.57 Å². The topological polar surface area (TPSA) is 55.9 Å². The number of hydrazine groups is 1. The number of thiophene rings is 1. The van der Waals surface area contributed by atoms with E-state index in [1.165, 1.54) is 9.75 Å². The molecule has 4 nitrogen and oxygen atoms in total. The number of para-hydroxylation sites is 2. The molecule has 21 heavy (non-hydrogen) atoms. The van der Waals surface area contributed by atoms with Crippen molar-refractivity contribution < 1.29 is 0 Å². The standard InChI is InChI=1S/C16H20N4S/c1-3-11-8-9-15(21-11)13(19-17)10-16-18-12-6-4-5-7-14(12)20(16)2/h4-9,13,19H,3,10,17H2,1-2H3. The number of nitrogens with zero attached hydrogens (tertiary/aromatic N) is 2. The Morgan fingerprint density at radius 1 is 1.29 bits per heavy atom. The van der Waals surface area contributed by atoms with Gasteiger partial charge in [-0.25, -0.2) is 4.98 Å². The van der Waals surface area contributed by atoms with Crippen LogP contribution in [0.1, 0.15) is 28.5 Å². The summed E-state index contributed by atoms with van der Waals surface area (Å²) in [5.74, 6) is 6.81. The summed E-state index contributed by atoms with van der Waals surface area (Å²) in [6.45, 7) is 2.17. The molecule has 0 saturated heterocycles. The number of hydrogen-bond acceptors (Lipinski definition) is 4. The van der Waals surface area contributed by atoms with E-state index in [0.29, 0.717) is 0 Å². The van der Waals surface area contributed by atoms with E-state index in [2.05, 4.69) is 42.2 Å². The maximum Gasteiger partial charge on any atom is 0.111 e. The molecular formula is C16H20N4S. The molecule has 0 aliphatic carbocycles. The second kappa shape index (κ2) is 5.97. The van der Waals surface area contributed by atoms with Gasteiger partial charge in [0, 0.05) is 23.2 Å². The van der Waals surface area contributed by atoms with Crippen LogP contribution in [0.5, 0.6) is 0 Å². The van der Waals surface area contributed by atoms with Crippen LogP contribution in [0.15, 0.2) is 36.4 Å². The van der Waals surface area contributed by atoms with Crippen LogP contribution in [0.25, 0.3) is 11.0 Å². The number of imidazole rings is 1. The molecule has 0 amide bonds. The van der Waals surface area contributed by atoms with Gasteiger partial charge in [0.1, 0.15) is 5.82 Å². The zero-order chi connectivity index (χ0) is 14.8.